The first-order valence-corrected chi connectivity index (χ1v) is 8.53. The molecule has 7 heteroatoms. The third-order valence-corrected chi connectivity index (χ3v) is 5.44. The number of aryl methyl sites for hydroxylation is 1. The fraction of sp³-hybridized carbons (Fsp3) is 0.571. The fourth-order valence-electron chi connectivity index (χ4n) is 2.47. The summed E-state index contributed by atoms with van der Waals surface area (Å²) in [6.45, 7) is 3.51. The van der Waals surface area contributed by atoms with Crippen LogP contribution in [0.4, 0.5) is 5.69 Å². The summed E-state index contributed by atoms with van der Waals surface area (Å²) in [6.07, 6.45) is 1.64. The third kappa shape index (κ3) is 3.87. The van der Waals surface area contributed by atoms with E-state index in [9.17, 15) is 8.42 Å². The highest BCUT2D eigenvalue weighted by atomic mass is 32.2. The zero-order valence-electron chi connectivity index (χ0n) is 12.5. The van der Waals surface area contributed by atoms with Crippen LogP contribution in [0.3, 0.4) is 0 Å². The number of benzene rings is 1. The largest absolute Gasteiger partial charge is 0.497 e. The van der Waals surface area contributed by atoms with Crippen LogP contribution in [0.25, 0.3) is 0 Å². The van der Waals surface area contributed by atoms with Crippen LogP contribution in [-0.2, 0) is 10.2 Å². The summed E-state index contributed by atoms with van der Waals surface area (Å²) in [5, 5.41) is 0. The smallest absolute Gasteiger partial charge is 0.301 e. The van der Waals surface area contributed by atoms with E-state index in [4.69, 9.17) is 10.5 Å². The summed E-state index contributed by atoms with van der Waals surface area (Å²) >= 11 is 0. The molecule has 6 nitrogen and oxygen atoms in total. The molecule has 0 spiro atoms. The number of nitrogens with one attached hydrogen (secondary N) is 1. The lowest BCUT2D eigenvalue weighted by molar-refractivity contribution is 0.280. The van der Waals surface area contributed by atoms with Crippen molar-refractivity contribution in [2.75, 3.05) is 31.5 Å². The third-order valence-electron chi connectivity index (χ3n) is 3.92. The molecule has 0 radical (unpaired) electrons. The summed E-state index contributed by atoms with van der Waals surface area (Å²) < 4.78 is 34.1. The highest BCUT2D eigenvalue weighted by Crippen LogP contribution is 2.24. The predicted molar refractivity (Wildman–Crippen MR) is 83.6 cm³/mol. The van der Waals surface area contributed by atoms with Crippen LogP contribution in [0.5, 0.6) is 5.75 Å². The van der Waals surface area contributed by atoms with E-state index < -0.39 is 10.2 Å². The van der Waals surface area contributed by atoms with Gasteiger partial charge >= 0.3 is 10.2 Å². The van der Waals surface area contributed by atoms with Gasteiger partial charge in [0.2, 0.25) is 0 Å². The van der Waals surface area contributed by atoms with Gasteiger partial charge in [0.05, 0.1) is 12.8 Å². The first kappa shape index (κ1) is 16.1. The van der Waals surface area contributed by atoms with Crippen LogP contribution in [-0.4, -0.2) is 39.5 Å². The summed E-state index contributed by atoms with van der Waals surface area (Å²) in [4.78, 5) is 0. The highest BCUT2D eigenvalue weighted by molar-refractivity contribution is 7.90. The molecule has 0 unspecified atom stereocenters. The molecular weight excluding hydrogens is 290 g/mol. The number of anilines is 1. The fourth-order valence-corrected chi connectivity index (χ4v) is 3.79. The molecule has 0 saturated carbocycles. The summed E-state index contributed by atoms with van der Waals surface area (Å²) in [6, 6.07) is 5.27. The molecular formula is C14H23N3O3S. The van der Waals surface area contributed by atoms with Gasteiger partial charge in [0.15, 0.2) is 0 Å². The van der Waals surface area contributed by atoms with Crippen molar-refractivity contribution in [2.45, 2.75) is 19.8 Å². The Balaban J connectivity index is 2.07. The number of piperidine rings is 1. The molecule has 1 aliphatic rings. The molecule has 0 aliphatic carbocycles. The van der Waals surface area contributed by atoms with E-state index in [1.165, 1.54) is 4.31 Å². The van der Waals surface area contributed by atoms with E-state index >= 15 is 0 Å². The Labute approximate surface area is 126 Å². The Bertz CT molecular complexity index is 581. The van der Waals surface area contributed by atoms with Crippen LogP contribution in [0.15, 0.2) is 18.2 Å². The maximum absolute atomic E-state index is 12.4. The van der Waals surface area contributed by atoms with Gasteiger partial charge in [0.1, 0.15) is 5.75 Å². The molecule has 0 aromatic heterocycles. The number of methoxy groups -OCH3 is 1. The molecule has 1 heterocycles. The van der Waals surface area contributed by atoms with Crippen molar-refractivity contribution in [2.24, 2.45) is 11.7 Å². The normalized spacial score (nSPS) is 17.7. The second-order valence-corrected chi connectivity index (χ2v) is 7.04. The van der Waals surface area contributed by atoms with E-state index in [0.717, 1.165) is 18.4 Å². The van der Waals surface area contributed by atoms with Gasteiger partial charge in [-0.3, -0.25) is 4.72 Å². The molecule has 118 valence electrons. The Morgan fingerprint density at radius 2 is 2.05 bits per heavy atom. The molecule has 21 heavy (non-hydrogen) atoms. The van der Waals surface area contributed by atoms with Crippen LogP contribution in [0.1, 0.15) is 18.4 Å². The van der Waals surface area contributed by atoms with Gasteiger partial charge in [-0.05, 0) is 56.0 Å². The zero-order valence-corrected chi connectivity index (χ0v) is 13.3. The Kier molecular flexibility index (Phi) is 5.08. The molecule has 0 bridgehead atoms. The number of ether oxygens (including phenoxy) is 1. The van der Waals surface area contributed by atoms with Crippen molar-refractivity contribution < 1.29 is 13.2 Å². The molecule has 3 N–H and O–H groups in total. The molecule has 0 amide bonds. The molecule has 1 saturated heterocycles. The minimum Gasteiger partial charge on any atom is -0.497 e. The average molecular weight is 313 g/mol. The van der Waals surface area contributed by atoms with E-state index in [1.54, 1.807) is 25.3 Å². The quantitative estimate of drug-likeness (QED) is 0.859. The second kappa shape index (κ2) is 6.64. The SMILES string of the molecule is COc1ccc(NS(=O)(=O)N2CCC(CN)CC2)c(C)c1. The number of nitrogens with zero attached hydrogens (tertiary/aromatic N) is 1. The second-order valence-electron chi connectivity index (χ2n) is 5.37. The van der Waals surface area contributed by atoms with E-state index in [1.807, 2.05) is 6.92 Å². The Morgan fingerprint density at radius 1 is 1.38 bits per heavy atom. The molecule has 1 fully saturated rings. The van der Waals surface area contributed by atoms with Crippen molar-refractivity contribution >= 4 is 15.9 Å². The van der Waals surface area contributed by atoms with Crippen LogP contribution in [0, 0.1) is 12.8 Å². The Hall–Kier alpha value is -1.31. The lowest BCUT2D eigenvalue weighted by Gasteiger charge is -2.30. The predicted octanol–water partition coefficient (Wildman–Crippen LogP) is 1.33. The zero-order chi connectivity index (χ0) is 15.5. The van der Waals surface area contributed by atoms with Crippen LogP contribution >= 0.6 is 0 Å². The van der Waals surface area contributed by atoms with Gasteiger partial charge in [-0.15, -0.1) is 0 Å². The first-order valence-electron chi connectivity index (χ1n) is 7.09. The van der Waals surface area contributed by atoms with Crippen molar-refractivity contribution in [3.05, 3.63) is 23.8 Å². The number of hydrogen-bond donors (Lipinski definition) is 2. The van der Waals surface area contributed by atoms with Gasteiger partial charge in [-0.25, -0.2) is 0 Å². The maximum atomic E-state index is 12.4. The topological polar surface area (TPSA) is 84.7 Å². The highest BCUT2D eigenvalue weighted by Gasteiger charge is 2.27. The molecule has 2 rings (SSSR count). The minimum atomic E-state index is -3.51. The maximum Gasteiger partial charge on any atom is 0.301 e. The van der Waals surface area contributed by atoms with E-state index in [0.29, 0.717) is 37.0 Å². The number of rotatable bonds is 5. The average Bonchev–Trinajstić information content (AvgIpc) is 2.49. The first-order chi connectivity index (χ1) is 9.96. The van der Waals surface area contributed by atoms with Gasteiger partial charge < -0.3 is 10.5 Å². The summed E-state index contributed by atoms with van der Waals surface area (Å²) in [5.74, 6) is 1.14. The lowest BCUT2D eigenvalue weighted by Crippen LogP contribution is -2.42. The molecule has 1 aromatic rings. The van der Waals surface area contributed by atoms with E-state index in [-0.39, 0.29) is 0 Å². The number of nitrogens with two attached hydrogens (primary N) is 1. The van der Waals surface area contributed by atoms with Crippen molar-refractivity contribution in [1.29, 1.82) is 0 Å². The van der Waals surface area contributed by atoms with Crippen molar-refractivity contribution in [1.82, 2.24) is 4.31 Å². The van der Waals surface area contributed by atoms with Gasteiger partial charge in [-0.2, -0.15) is 12.7 Å². The molecule has 0 atom stereocenters. The van der Waals surface area contributed by atoms with E-state index in [2.05, 4.69) is 4.72 Å². The standard InChI is InChI=1S/C14H23N3O3S/c1-11-9-13(20-2)3-4-14(11)16-21(18,19)17-7-5-12(10-15)6-8-17/h3-4,9,12,16H,5-8,10,15H2,1-2H3. The minimum absolute atomic E-state index is 0.430. The van der Waals surface area contributed by atoms with Crippen LogP contribution < -0.4 is 15.2 Å². The summed E-state index contributed by atoms with van der Waals surface area (Å²) in [7, 11) is -1.92. The van der Waals surface area contributed by atoms with Gasteiger partial charge in [0, 0.05) is 13.1 Å². The van der Waals surface area contributed by atoms with Gasteiger partial charge in [-0.1, -0.05) is 0 Å². The number of hydrogen-bond acceptors (Lipinski definition) is 4. The van der Waals surface area contributed by atoms with Crippen molar-refractivity contribution in [3.8, 4) is 5.75 Å². The van der Waals surface area contributed by atoms with Crippen LogP contribution in [0.2, 0.25) is 0 Å². The van der Waals surface area contributed by atoms with Crippen molar-refractivity contribution in [3.63, 3.8) is 0 Å². The molecule has 1 aromatic carbocycles. The van der Waals surface area contributed by atoms with Gasteiger partial charge in [0.25, 0.3) is 0 Å². The Morgan fingerprint density at radius 3 is 2.57 bits per heavy atom. The lowest BCUT2D eigenvalue weighted by atomic mass is 9.99. The molecule has 1 aliphatic heterocycles. The monoisotopic (exact) mass is 313 g/mol. The summed E-state index contributed by atoms with van der Waals surface area (Å²) in [5.41, 5.74) is 7.04.